The lowest BCUT2D eigenvalue weighted by Crippen LogP contribution is -2.24. The van der Waals surface area contributed by atoms with E-state index in [0.29, 0.717) is 6.54 Å². The SMILES string of the molecule is CNC(=O)Cn1c(C)c(C)c(C)c1C. The Morgan fingerprint density at radius 2 is 1.57 bits per heavy atom. The number of amides is 1. The summed E-state index contributed by atoms with van der Waals surface area (Å²) in [4.78, 5) is 11.3. The van der Waals surface area contributed by atoms with E-state index in [1.807, 2.05) is 0 Å². The fraction of sp³-hybridized carbons (Fsp3) is 0.545. The largest absolute Gasteiger partial charge is 0.358 e. The summed E-state index contributed by atoms with van der Waals surface area (Å²) >= 11 is 0. The monoisotopic (exact) mass is 194 g/mol. The summed E-state index contributed by atoms with van der Waals surface area (Å²) in [5.41, 5.74) is 4.94. The Labute approximate surface area is 85.1 Å². The van der Waals surface area contributed by atoms with Crippen molar-refractivity contribution in [3.05, 3.63) is 22.5 Å². The van der Waals surface area contributed by atoms with E-state index in [2.05, 4.69) is 37.6 Å². The first-order valence-corrected chi connectivity index (χ1v) is 4.82. The highest BCUT2D eigenvalue weighted by Gasteiger charge is 2.12. The zero-order valence-corrected chi connectivity index (χ0v) is 9.56. The molecule has 1 aromatic heterocycles. The molecule has 1 heterocycles. The topological polar surface area (TPSA) is 34.0 Å². The highest BCUT2D eigenvalue weighted by Crippen LogP contribution is 2.19. The fourth-order valence-corrected chi connectivity index (χ4v) is 1.66. The molecule has 0 aliphatic carbocycles. The molecule has 0 radical (unpaired) electrons. The normalized spacial score (nSPS) is 10.4. The second-order valence-electron chi connectivity index (χ2n) is 3.68. The van der Waals surface area contributed by atoms with E-state index >= 15 is 0 Å². The summed E-state index contributed by atoms with van der Waals surface area (Å²) < 4.78 is 2.06. The first kappa shape index (κ1) is 10.8. The van der Waals surface area contributed by atoms with Crippen molar-refractivity contribution in [3.8, 4) is 0 Å². The van der Waals surface area contributed by atoms with Gasteiger partial charge in [0.2, 0.25) is 5.91 Å². The second kappa shape index (κ2) is 3.86. The Bertz CT molecular complexity index is 338. The summed E-state index contributed by atoms with van der Waals surface area (Å²) in [6, 6.07) is 0. The minimum Gasteiger partial charge on any atom is -0.358 e. The van der Waals surface area contributed by atoms with Crippen molar-refractivity contribution < 1.29 is 4.79 Å². The third kappa shape index (κ3) is 1.67. The highest BCUT2D eigenvalue weighted by molar-refractivity contribution is 5.75. The quantitative estimate of drug-likeness (QED) is 0.760. The number of carbonyl (C=O) groups excluding carboxylic acids is 1. The zero-order chi connectivity index (χ0) is 10.9. The Hall–Kier alpha value is -1.25. The van der Waals surface area contributed by atoms with Crippen LogP contribution in [0.25, 0.3) is 0 Å². The predicted octanol–water partition coefficient (Wildman–Crippen LogP) is 1.47. The van der Waals surface area contributed by atoms with E-state index in [-0.39, 0.29) is 5.91 Å². The van der Waals surface area contributed by atoms with E-state index in [1.165, 1.54) is 22.5 Å². The Morgan fingerprint density at radius 3 is 1.93 bits per heavy atom. The molecule has 0 spiro atoms. The van der Waals surface area contributed by atoms with Crippen LogP contribution in [0.3, 0.4) is 0 Å². The minimum atomic E-state index is 0.0474. The maximum Gasteiger partial charge on any atom is 0.239 e. The number of hydrogen-bond acceptors (Lipinski definition) is 1. The summed E-state index contributed by atoms with van der Waals surface area (Å²) in [6.07, 6.45) is 0. The lowest BCUT2D eigenvalue weighted by atomic mass is 10.2. The molecule has 78 valence electrons. The summed E-state index contributed by atoms with van der Waals surface area (Å²) in [6.45, 7) is 8.72. The number of nitrogens with one attached hydrogen (secondary N) is 1. The number of carbonyl (C=O) groups is 1. The molecule has 3 heteroatoms. The molecule has 0 bridgehead atoms. The van der Waals surface area contributed by atoms with Crippen molar-refractivity contribution >= 4 is 5.91 Å². The highest BCUT2D eigenvalue weighted by atomic mass is 16.1. The average Bonchev–Trinajstić information content (AvgIpc) is 2.35. The molecule has 0 atom stereocenters. The van der Waals surface area contributed by atoms with Crippen LogP contribution in [0.5, 0.6) is 0 Å². The molecule has 0 unspecified atom stereocenters. The van der Waals surface area contributed by atoms with E-state index in [1.54, 1.807) is 7.05 Å². The van der Waals surface area contributed by atoms with Gasteiger partial charge in [0.05, 0.1) is 0 Å². The minimum absolute atomic E-state index is 0.0474. The Morgan fingerprint density at radius 1 is 1.14 bits per heavy atom. The van der Waals surface area contributed by atoms with Crippen molar-refractivity contribution in [1.29, 1.82) is 0 Å². The molecular formula is C11H18N2O. The van der Waals surface area contributed by atoms with Crippen LogP contribution in [-0.2, 0) is 11.3 Å². The average molecular weight is 194 g/mol. The maximum atomic E-state index is 11.3. The summed E-state index contributed by atoms with van der Waals surface area (Å²) in [5, 5.41) is 2.64. The molecule has 0 aromatic carbocycles. The molecule has 1 N–H and O–H groups in total. The standard InChI is InChI=1S/C11H18N2O/c1-7-8(2)10(4)13(9(7)3)6-11(14)12-5/h6H2,1-5H3,(H,12,14). The van der Waals surface area contributed by atoms with E-state index in [0.717, 1.165) is 0 Å². The smallest absolute Gasteiger partial charge is 0.239 e. The van der Waals surface area contributed by atoms with Gasteiger partial charge in [-0.2, -0.15) is 0 Å². The van der Waals surface area contributed by atoms with Gasteiger partial charge in [0.25, 0.3) is 0 Å². The molecule has 1 aromatic rings. The van der Waals surface area contributed by atoms with Crippen molar-refractivity contribution in [1.82, 2.24) is 9.88 Å². The van der Waals surface area contributed by atoms with Gasteiger partial charge < -0.3 is 9.88 Å². The van der Waals surface area contributed by atoms with Crippen LogP contribution in [0.1, 0.15) is 22.5 Å². The molecule has 0 saturated heterocycles. The fourth-order valence-electron chi connectivity index (χ4n) is 1.66. The van der Waals surface area contributed by atoms with Gasteiger partial charge in [0.1, 0.15) is 6.54 Å². The number of aromatic nitrogens is 1. The van der Waals surface area contributed by atoms with Crippen LogP contribution in [0.2, 0.25) is 0 Å². The lowest BCUT2D eigenvalue weighted by molar-refractivity contribution is -0.121. The second-order valence-corrected chi connectivity index (χ2v) is 3.68. The number of hydrogen-bond donors (Lipinski definition) is 1. The molecule has 0 saturated carbocycles. The molecule has 1 amide bonds. The molecule has 14 heavy (non-hydrogen) atoms. The van der Waals surface area contributed by atoms with E-state index < -0.39 is 0 Å². The van der Waals surface area contributed by atoms with Gasteiger partial charge in [-0.05, 0) is 38.8 Å². The summed E-state index contributed by atoms with van der Waals surface area (Å²) in [5.74, 6) is 0.0474. The first-order valence-electron chi connectivity index (χ1n) is 4.82. The van der Waals surface area contributed by atoms with Crippen LogP contribution >= 0.6 is 0 Å². The Balaban J connectivity index is 3.09. The van der Waals surface area contributed by atoms with Crippen molar-refractivity contribution in [3.63, 3.8) is 0 Å². The van der Waals surface area contributed by atoms with Gasteiger partial charge in [0.15, 0.2) is 0 Å². The van der Waals surface area contributed by atoms with Gasteiger partial charge in [-0.1, -0.05) is 0 Å². The van der Waals surface area contributed by atoms with E-state index in [4.69, 9.17) is 0 Å². The van der Waals surface area contributed by atoms with Crippen molar-refractivity contribution in [2.75, 3.05) is 7.05 Å². The van der Waals surface area contributed by atoms with Crippen LogP contribution in [0, 0.1) is 27.7 Å². The van der Waals surface area contributed by atoms with Crippen LogP contribution in [-0.4, -0.2) is 17.5 Å². The Kier molecular flexibility index (Phi) is 2.99. The van der Waals surface area contributed by atoms with Gasteiger partial charge in [-0.25, -0.2) is 0 Å². The number of nitrogens with zero attached hydrogens (tertiary/aromatic N) is 1. The number of rotatable bonds is 2. The maximum absolute atomic E-state index is 11.3. The predicted molar refractivity (Wildman–Crippen MR) is 57.4 cm³/mol. The molecule has 0 aliphatic rings. The van der Waals surface area contributed by atoms with Crippen LogP contribution in [0.15, 0.2) is 0 Å². The molecule has 1 rings (SSSR count). The van der Waals surface area contributed by atoms with Gasteiger partial charge in [-0.15, -0.1) is 0 Å². The molecule has 0 aliphatic heterocycles. The van der Waals surface area contributed by atoms with Gasteiger partial charge in [-0.3, -0.25) is 4.79 Å². The molecule has 3 nitrogen and oxygen atoms in total. The zero-order valence-electron chi connectivity index (χ0n) is 9.56. The van der Waals surface area contributed by atoms with Gasteiger partial charge >= 0.3 is 0 Å². The third-order valence-corrected chi connectivity index (χ3v) is 3.04. The molecular weight excluding hydrogens is 176 g/mol. The van der Waals surface area contributed by atoms with Crippen molar-refractivity contribution in [2.45, 2.75) is 34.2 Å². The lowest BCUT2D eigenvalue weighted by Gasteiger charge is -2.08. The first-order chi connectivity index (χ1) is 6.49. The van der Waals surface area contributed by atoms with Crippen molar-refractivity contribution in [2.24, 2.45) is 0 Å². The number of likely N-dealkylation sites (N-methyl/N-ethyl adjacent to an activating group) is 1. The summed E-state index contributed by atoms with van der Waals surface area (Å²) in [7, 11) is 1.66. The van der Waals surface area contributed by atoms with Crippen LogP contribution in [0.4, 0.5) is 0 Å². The molecule has 0 fully saturated rings. The van der Waals surface area contributed by atoms with Crippen LogP contribution < -0.4 is 5.32 Å². The van der Waals surface area contributed by atoms with E-state index in [9.17, 15) is 4.79 Å². The van der Waals surface area contributed by atoms with Gasteiger partial charge in [0, 0.05) is 18.4 Å². The third-order valence-electron chi connectivity index (χ3n) is 3.04.